The predicted octanol–water partition coefficient (Wildman–Crippen LogP) is 7.96. The number of fused-ring (bicyclic) bond motifs is 1. The standard InChI is InChI=1S/C46H51ClN8O7S/c1-60-21-22-61-20-15-49-29-40-41(48)25-37(26-42(40)55(57)58)63(59)52-45(56)38-8-7-35(24-43(38)62-36-23-32-10-14-50-44(32)51-28-36)54-18-16-53(17-19-54)30-33-9-13-46(11-2-12-46)27-39(33)31-3-5-34(47)6-4-31/h3-8,10,14,23-26,28-29H,2,9,11-13,15-22,27,30,48H2,1H3,(H,50,51)(H,52,56). The topological polar surface area (TPSA) is 191 Å². The van der Waals surface area contributed by atoms with Crippen molar-refractivity contribution in [1.82, 2.24) is 19.6 Å². The van der Waals surface area contributed by atoms with Gasteiger partial charge in [-0.1, -0.05) is 35.7 Å². The SMILES string of the molecule is COCCOCCN=Cc1c(N)cc(S(=O)NC(=O)c2ccc(N3CCN(CC4=C(c5ccc(Cl)cc5)CC5(CCC5)CC4)CC3)cc2Oc2cnc3[nH]ccc3c2)cc1[N+](=O)[O-]. The minimum Gasteiger partial charge on any atom is -0.455 e. The molecule has 0 bridgehead atoms. The highest BCUT2D eigenvalue weighted by Gasteiger charge is 2.41. The van der Waals surface area contributed by atoms with E-state index in [0.717, 1.165) is 67.7 Å². The molecule has 1 aliphatic heterocycles. The number of aromatic nitrogens is 2. The lowest BCUT2D eigenvalue weighted by molar-refractivity contribution is -0.385. The number of piperazine rings is 1. The number of nitro groups is 1. The number of nitrogens with zero attached hydrogens (tertiary/aromatic N) is 5. The summed E-state index contributed by atoms with van der Waals surface area (Å²) in [4.78, 5) is 41.9. The second-order valence-electron chi connectivity index (χ2n) is 16.3. The number of halogens is 1. The van der Waals surface area contributed by atoms with Crippen LogP contribution in [0.1, 0.15) is 60.0 Å². The van der Waals surface area contributed by atoms with Crippen molar-refractivity contribution < 1.29 is 28.1 Å². The number of aliphatic imine (C=N–C) groups is 1. The molecule has 5 aromatic rings. The number of nitrogens with one attached hydrogen (secondary N) is 2. The van der Waals surface area contributed by atoms with Gasteiger partial charge >= 0.3 is 0 Å². The number of methoxy groups -OCH3 is 1. The second kappa shape index (κ2) is 19.8. The first-order chi connectivity index (χ1) is 30.6. The van der Waals surface area contributed by atoms with Gasteiger partial charge in [0.25, 0.3) is 11.6 Å². The number of rotatable bonds is 17. The molecule has 15 nitrogen and oxygen atoms in total. The number of carbonyl (C=O) groups is 1. The summed E-state index contributed by atoms with van der Waals surface area (Å²) in [6, 6.07) is 19.8. The molecule has 2 aromatic heterocycles. The molecule has 330 valence electrons. The van der Waals surface area contributed by atoms with E-state index in [0.29, 0.717) is 30.0 Å². The lowest BCUT2D eigenvalue weighted by Gasteiger charge is -2.47. The highest BCUT2D eigenvalue weighted by atomic mass is 35.5. The average Bonchev–Trinajstić information content (AvgIpc) is 3.74. The smallest absolute Gasteiger partial charge is 0.281 e. The number of hydrogen-bond donors (Lipinski definition) is 3. The van der Waals surface area contributed by atoms with Crippen molar-refractivity contribution in [3.05, 3.63) is 117 Å². The van der Waals surface area contributed by atoms with E-state index in [1.54, 1.807) is 25.6 Å². The summed E-state index contributed by atoms with van der Waals surface area (Å²) in [5.74, 6) is -0.0757. The Morgan fingerprint density at radius 1 is 1.06 bits per heavy atom. The van der Waals surface area contributed by atoms with E-state index in [9.17, 15) is 19.1 Å². The van der Waals surface area contributed by atoms with E-state index in [1.165, 1.54) is 54.7 Å². The van der Waals surface area contributed by atoms with E-state index >= 15 is 0 Å². The first-order valence-corrected chi connectivity index (χ1v) is 22.7. The number of carbonyl (C=O) groups excluding carboxylic acids is 1. The van der Waals surface area contributed by atoms with Crippen LogP contribution in [-0.4, -0.2) is 102 Å². The molecule has 63 heavy (non-hydrogen) atoms. The number of pyridine rings is 1. The molecule has 1 spiro atoms. The number of H-pyrrole nitrogens is 1. The van der Waals surface area contributed by atoms with E-state index in [2.05, 4.69) is 41.6 Å². The molecule has 17 heteroatoms. The van der Waals surface area contributed by atoms with Crippen LogP contribution in [0.3, 0.4) is 0 Å². The fourth-order valence-electron chi connectivity index (χ4n) is 8.65. The van der Waals surface area contributed by atoms with Gasteiger partial charge in [0, 0.05) is 86.2 Å². The van der Waals surface area contributed by atoms with Crippen LogP contribution in [0.2, 0.25) is 5.02 Å². The molecule has 0 radical (unpaired) electrons. The molecule has 1 saturated carbocycles. The predicted molar refractivity (Wildman–Crippen MR) is 246 cm³/mol. The van der Waals surface area contributed by atoms with Gasteiger partial charge in [-0.15, -0.1) is 0 Å². The Morgan fingerprint density at radius 3 is 2.62 bits per heavy atom. The molecule has 8 rings (SSSR count). The summed E-state index contributed by atoms with van der Waals surface area (Å²) in [5.41, 5.74) is 12.3. The maximum Gasteiger partial charge on any atom is 0.281 e. The number of nitro benzene ring substituents is 1. The fraction of sp³-hybridized carbons (Fsp3) is 0.370. The Labute approximate surface area is 373 Å². The lowest BCUT2D eigenvalue weighted by Crippen LogP contribution is -2.47. The molecule has 4 N–H and O–H groups in total. The number of benzene rings is 3. The Bertz CT molecular complexity index is 2550. The largest absolute Gasteiger partial charge is 0.455 e. The van der Waals surface area contributed by atoms with E-state index in [-0.39, 0.29) is 40.6 Å². The van der Waals surface area contributed by atoms with Crippen LogP contribution in [0, 0.1) is 15.5 Å². The zero-order valence-corrected chi connectivity index (χ0v) is 36.7. The quantitative estimate of drug-likeness (QED) is 0.0270. The zero-order valence-electron chi connectivity index (χ0n) is 35.1. The zero-order chi connectivity index (χ0) is 43.9. The van der Waals surface area contributed by atoms with Crippen LogP contribution >= 0.6 is 11.6 Å². The molecule has 1 saturated heterocycles. The third-order valence-electron chi connectivity index (χ3n) is 12.3. The van der Waals surface area contributed by atoms with Crippen molar-refractivity contribution in [2.45, 2.75) is 43.4 Å². The molecule has 3 aromatic carbocycles. The van der Waals surface area contributed by atoms with Crippen LogP contribution in [-0.2, 0) is 20.5 Å². The third kappa shape index (κ3) is 10.4. The minimum absolute atomic E-state index is 0.0218. The summed E-state index contributed by atoms with van der Waals surface area (Å²) in [6.45, 7) is 5.53. The van der Waals surface area contributed by atoms with Crippen LogP contribution in [0.15, 0.2) is 94.6 Å². The van der Waals surface area contributed by atoms with Gasteiger partial charge in [-0.3, -0.25) is 29.5 Å². The van der Waals surface area contributed by atoms with Gasteiger partial charge in [-0.05, 0) is 91.1 Å². The molecular formula is C46H51ClN8O7S. The molecule has 1 unspecified atom stereocenters. The number of amides is 1. The summed E-state index contributed by atoms with van der Waals surface area (Å²) in [7, 11) is -0.664. The Morgan fingerprint density at radius 2 is 1.87 bits per heavy atom. The summed E-state index contributed by atoms with van der Waals surface area (Å²) in [5, 5.41) is 13.7. The van der Waals surface area contributed by atoms with Gasteiger partial charge in [0.15, 0.2) is 11.0 Å². The van der Waals surface area contributed by atoms with Gasteiger partial charge < -0.3 is 29.8 Å². The van der Waals surface area contributed by atoms with E-state index in [4.69, 9.17) is 31.5 Å². The van der Waals surface area contributed by atoms with Gasteiger partial charge in [-0.2, -0.15) is 0 Å². The minimum atomic E-state index is -2.23. The molecule has 3 heterocycles. The molecule has 2 aliphatic carbocycles. The Balaban J connectivity index is 0.983. The Hall–Kier alpha value is -5.65. The number of anilines is 2. The highest BCUT2D eigenvalue weighted by molar-refractivity contribution is 7.83. The third-order valence-corrected chi connectivity index (χ3v) is 13.6. The van der Waals surface area contributed by atoms with Crippen molar-refractivity contribution in [1.29, 1.82) is 0 Å². The number of nitrogen functional groups attached to an aromatic ring is 1. The average molecular weight is 895 g/mol. The number of hydrogen-bond acceptors (Lipinski definition) is 12. The van der Waals surface area contributed by atoms with Crippen LogP contribution in [0.5, 0.6) is 11.5 Å². The van der Waals surface area contributed by atoms with Gasteiger partial charge in [0.1, 0.15) is 17.1 Å². The second-order valence-corrected chi connectivity index (χ2v) is 17.9. The van der Waals surface area contributed by atoms with E-state index < -0.39 is 27.5 Å². The van der Waals surface area contributed by atoms with Gasteiger partial charge in [0.2, 0.25) is 0 Å². The maximum atomic E-state index is 13.9. The first kappa shape index (κ1) is 44.0. The molecule has 2 fully saturated rings. The van der Waals surface area contributed by atoms with Crippen LogP contribution in [0.25, 0.3) is 16.6 Å². The van der Waals surface area contributed by atoms with Gasteiger partial charge in [0.05, 0.1) is 53.5 Å². The Kier molecular flexibility index (Phi) is 13.8. The first-order valence-electron chi connectivity index (χ1n) is 21.1. The summed E-state index contributed by atoms with van der Waals surface area (Å²) in [6.07, 6.45) is 12.1. The fourth-order valence-corrected chi connectivity index (χ4v) is 9.63. The maximum absolute atomic E-state index is 13.9. The number of allylic oxidation sites excluding steroid dienone is 1. The van der Waals surface area contributed by atoms with Crippen molar-refractivity contribution in [3.63, 3.8) is 0 Å². The van der Waals surface area contributed by atoms with Crippen molar-refractivity contribution in [3.8, 4) is 11.5 Å². The van der Waals surface area contributed by atoms with Crippen molar-refractivity contribution in [2.24, 2.45) is 10.4 Å². The van der Waals surface area contributed by atoms with Crippen LogP contribution in [0.4, 0.5) is 17.1 Å². The number of ether oxygens (including phenoxy) is 3. The molecule has 3 aliphatic rings. The number of aromatic amines is 1. The highest BCUT2D eigenvalue weighted by Crippen LogP contribution is 2.55. The lowest BCUT2D eigenvalue weighted by atomic mass is 9.59. The molecule has 1 atom stereocenters. The number of nitrogens with two attached hydrogens (primary N) is 1. The summed E-state index contributed by atoms with van der Waals surface area (Å²) >= 11 is 6.28. The normalized spacial score (nSPS) is 17.0. The monoisotopic (exact) mass is 894 g/mol. The molecular weight excluding hydrogens is 844 g/mol. The van der Waals surface area contributed by atoms with E-state index in [1.807, 2.05) is 36.4 Å². The summed E-state index contributed by atoms with van der Waals surface area (Å²) < 4.78 is 32.8. The van der Waals surface area contributed by atoms with Crippen molar-refractivity contribution in [2.75, 3.05) is 76.8 Å². The van der Waals surface area contributed by atoms with Gasteiger partial charge in [-0.25, -0.2) is 9.19 Å². The molecule has 1 amide bonds. The van der Waals surface area contributed by atoms with Crippen LogP contribution < -0.4 is 20.1 Å². The van der Waals surface area contributed by atoms with Crippen molar-refractivity contribution >= 4 is 68.4 Å².